The van der Waals surface area contributed by atoms with Gasteiger partial charge in [0.25, 0.3) is 0 Å². The minimum atomic E-state index is 0.588. The molecule has 0 aliphatic heterocycles. The molecule has 0 saturated carbocycles. The van der Waals surface area contributed by atoms with E-state index in [0.29, 0.717) is 6.61 Å². The minimum Gasteiger partial charge on any atom is -0.264 e. The molecule has 0 rings (SSSR count). The highest BCUT2D eigenvalue weighted by atomic mass is 17.0. The van der Waals surface area contributed by atoms with Gasteiger partial charge in [-0.3, -0.25) is 9.68 Å². The van der Waals surface area contributed by atoms with Crippen LogP contribution in [0, 0.1) is 0 Å². The fourth-order valence-electron chi connectivity index (χ4n) is 0.234. The second-order valence-corrected chi connectivity index (χ2v) is 1.30. The Morgan fingerprint density at radius 1 is 1.62 bits per heavy atom. The van der Waals surface area contributed by atoms with Crippen LogP contribution in [0.5, 0.6) is 0 Å². The van der Waals surface area contributed by atoms with Gasteiger partial charge in [-0.05, 0) is 6.42 Å². The van der Waals surface area contributed by atoms with Crippen molar-refractivity contribution in [2.45, 2.75) is 13.3 Å². The van der Waals surface area contributed by atoms with E-state index < -0.39 is 0 Å². The third-order valence-corrected chi connectivity index (χ3v) is 0.603. The average molecular weight is 120 g/mol. The van der Waals surface area contributed by atoms with Crippen molar-refractivity contribution in [2.24, 2.45) is 5.84 Å². The maximum Gasteiger partial charge on any atom is 0.0723 e. The zero-order valence-corrected chi connectivity index (χ0v) is 5.26. The molecule has 4 heteroatoms. The van der Waals surface area contributed by atoms with Crippen molar-refractivity contribution >= 4 is 0 Å². The van der Waals surface area contributed by atoms with Crippen LogP contribution in [-0.2, 0) is 9.68 Å². The lowest BCUT2D eigenvalue weighted by Crippen LogP contribution is -2.30. The van der Waals surface area contributed by atoms with Crippen LogP contribution in [-0.4, -0.2) is 19.1 Å². The summed E-state index contributed by atoms with van der Waals surface area (Å²) in [7, 11) is 1.44. The maximum atomic E-state index is 5.05. The molecule has 0 spiro atoms. The summed E-state index contributed by atoms with van der Waals surface area (Å²) in [6.45, 7) is 2.58. The lowest BCUT2D eigenvalue weighted by atomic mass is 10.5. The Labute approximate surface area is 49.0 Å². The minimum absolute atomic E-state index is 0.588. The Balaban J connectivity index is 2.86. The average Bonchev–Trinajstić information content (AvgIpc) is 1.83. The maximum absolute atomic E-state index is 5.05. The summed E-state index contributed by atoms with van der Waals surface area (Å²) in [5.74, 6) is 5.05. The van der Waals surface area contributed by atoms with Crippen molar-refractivity contribution in [1.82, 2.24) is 5.34 Å². The summed E-state index contributed by atoms with van der Waals surface area (Å²) in [6, 6.07) is 0. The lowest BCUT2D eigenvalue weighted by Gasteiger charge is -2.10. The highest BCUT2D eigenvalue weighted by Gasteiger charge is 1.90. The van der Waals surface area contributed by atoms with E-state index >= 15 is 0 Å². The highest BCUT2D eigenvalue weighted by molar-refractivity contribution is 4.15. The molecule has 0 aromatic heterocycles. The van der Waals surface area contributed by atoms with Crippen molar-refractivity contribution in [1.29, 1.82) is 0 Å². The SMILES string of the molecule is CCCON(N)OC. The van der Waals surface area contributed by atoms with E-state index in [9.17, 15) is 0 Å². The largest absolute Gasteiger partial charge is 0.264 e. The number of rotatable bonds is 4. The summed E-state index contributed by atoms with van der Waals surface area (Å²) in [6.07, 6.45) is 0.928. The van der Waals surface area contributed by atoms with Crippen LogP contribution in [0.25, 0.3) is 0 Å². The molecule has 0 aliphatic rings. The summed E-state index contributed by atoms with van der Waals surface area (Å²) in [5.41, 5.74) is 0. The molecule has 0 saturated heterocycles. The molecule has 0 unspecified atom stereocenters. The van der Waals surface area contributed by atoms with E-state index in [1.165, 1.54) is 7.11 Å². The molecule has 0 aliphatic carbocycles. The van der Waals surface area contributed by atoms with Crippen molar-refractivity contribution in [3.8, 4) is 0 Å². The third-order valence-electron chi connectivity index (χ3n) is 0.603. The molecule has 50 valence electrons. The zero-order valence-electron chi connectivity index (χ0n) is 5.26. The van der Waals surface area contributed by atoms with E-state index in [1.807, 2.05) is 6.92 Å². The molecule has 0 bridgehead atoms. The molecule has 0 aromatic carbocycles. The first kappa shape index (κ1) is 7.84. The van der Waals surface area contributed by atoms with E-state index in [0.717, 1.165) is 11.8 Å². The van der Waals surface area contributed by atoms with Crippen molar-refractivity contribution in [3.63, 3.8) is 0 Å². The van der Waals surface area contributed by atoms with Gasteiger partial charge >= 0.3 is 0 Å². The van der Waals surface area contributed by atoms with Gasteiger partial charge in [0.15, 0.2) is 0 Å². The van der Waals surface area contributed by atoms with Gasteiger partial charge in [0.1, 0.15) is 0 Å². The monoisotopic (exact) mass is 120 g/mol. The fraction of sp³-hybridized carbons (Fsp3) is 1.00. The fourth-order valence-corrected chi connectivity index (χ4v) is 0.234. The summed E-state index contributed by atoms with van der Waals surface area (Å²) in [5, 5.41) is 0.837. The molecule has 0 amide bonds. The van der Waals surface area contributed by atoms with Gasteiger partial charge in [-0.2, -0.15) is 0 Å². The van der Waals surface area contributed by atoms with Crippen LogP contribution >= 0.6 is 0 Å². The van der Waals surface area contributed by atoms with Crippen LogP contribution in [0.2, 0.25) is 0 Å². The van der Waals surface area contributed by atoms with Gasteiger partial charge in [0, 0.05) is 5.34 Å². The Morgan fingerprint density at radius 3 is 2.62 bits per heavy atom. The van der Waals surface area contributed by atoms with Crippen molar-refractivity contribution < 1.29 is 9.68 Å². The first-order chi connectivity index (χ1) is 3.81. The standard InChI is InChI=1S/C4H12N2O2/c1-3-4-8-6(5)7-2/h3-5H2,1-2H3. The zero-order chi connectivity index (χ0) is 6.41. The summed E-state index contributed by atoms with van der Waals surface area (Å²) < 4.78 is 0. The Hall–Kier alpha value is -0.160. The number of hydrogen-bond acceptors (Lipinski definition) is 4. The molecule has 0 heterocycles. The number of hydrogen-bond donors (Lipinski definition) is 1. The molecule has 0 fully saturated rings. The summed E-state index contributed by atoms with van der Waals surface area (Å²) >= 11 is 0. The molecule has 0 aromatic rings. The van der Waals surface area contributed by atoms with Crippen LogP contribution in [0.3, 0.4) is 0 Å². The van der Waals surface area contributed by atoms with Gasteiger partial charge in [0.2, 0.25) is 0 Å². The Bertz CT molecular complexity index is 51.3. The van der Waals surface area contributed by atoms with Crippen molar-refractivity contribution in [2.75, 3.05) is 13.7 Å². The molecule has 2 N–H and O–H groups in total. The normalized spacial score (nSPS) is 10.5. The number of nitrogens with zero attached hydrogens (tertiary/aromatic N) is 1. The predicted octanol–water partition coefficient (Wildman–Crippen LogP) is 0.0651. The summed E-state index contributed by atoms with van der Waals surface area (Å²) in [4.78, 5) is 9.17. The predicted molar refractivity (Wildman–Crippen MR) is 29.3 cm³/mol. The van der Waals surface area contributed by atoms with Gasteiger partial charge in [0.05, 0.1) is 13.7 Å². The van der Waals surface area contributed by atoms with Crippen LogP contribution in [0.15, 0.2) is 0 Å². The molecule has 0 radical (unpaired) electrons. The van der Waals surface area contributed by atoms with Gasteiger partial charge < -0.3 is 0 Å². The van der Waals surface area contributed by atoms with E-state index in [4.69, 9.17) is 10.7 Å². The smallest absolute Gasteiger partial charge is 0.0723 e. The number of hydrazine groups is 1. The Morgan fingerprint density at radius 2 is 2.25 bits per heavy atom. The van der Waals surface area contributed by atoms with Crippen LogP contribution in [0.1, 0.15) is 13.3 Å². The molecule has 8 heavy (non-hydrogen) atoms. The first-order valence-corrected chi connectivity index (χ1v) is 2.53. The highest BCUT2D eigenvalue weighted by Crippen LogP contribution is 1.81. The third kappa shape index (κ3) is 4.01. The molecule has 0 atom stereocenters. The van der Waals surface area contributed by atoms with E-state index in [2.05, 4.69) is 4.84 Å². The van der Waals surface area contributed by atoms with E-state index in [1.54, 1.807) is 0 Å². The van der Waals surface area contributed by atoms with Gasteiger partial charge in [-0.15, -0.1) is 0 Å². The van der Waals surface area contributed by atoms with E-state index in [-0.39, 0.29) is 0 Å². The van der Waals surface area contributed by atoms with Crippen LogP contribution in [0.4, 0.5) is 0 Å². The quantitative estimate of drug-likeness (QED) is 0.421. The number of nitrogens with two attached hydrogens (primary N) is 1. The van der Waals surface area contributed by atoms with Gasteiger partial charge in [-0.1, -0.05) is 6.92 Å². The molecule has 4 nitrogen and oxygen atoms in total. The first-order valence-electron chi connectivity index (χ1n) is 2.53. The topological polar surface area (TPSA) is 47.7 Å². The lowest BCUT2D eigenvalue weighted by molar-refractivity contribution is -0.359. The molecular weight excluding hydrogens is 108 g/mol. The Kier molecular flexibility index (Phi) is 4.89. The second-order valence-electron chi connectivity index (χ2n) is 1.30. The van der Waals surface area contributed by atoms with Crippen LogP contribution < -0.4 is 5.84 Å². The second kappa shape index (κ2) is 4.99. The van der Waals surface area contributed by atoms with Crippen molar-refractivity contribution in [3.05, 3.63) is 0 Å². The molecular formula is C4H12N2O2. The van der Waals surface area contributed by atoms with Gasteiger partial charge in [-0.25, -0.2) is 5.84 Å².